The molecule has 0 heterocycles. The summed E-state index contributed by atoms with van der Waals surface area (Å²) in [7, 11) is 0.371. The van der Waals surface area contributed by atoms with Gasteiger partial charge in [-0.25, -0.2) is 12.7 Å². The first-order valence-electron chi connectivity index (χ1n) is 7.72. The smallest absolute Gasteiger partial charge is 0.446 e. The largest absolute Gasteiger partial charge is 0.495 e. The molecule has 0 saturated carbocycles. The van der Waals surface area contributed by atoms with E-state index >= 15 is 0 Å². The maximum absolute atomic E-state index is 12.4. The number of nitrogens with zero attached hydrogens (tertiary/aromatic N) is 1. The monoisotopic (exact) mass is 434 g/mol. The number of thioether (sulfide) groups is 1. The van der Waals surface area contributed by atoms with Crippen LogP contribution >= 0.6 is 11.8 Å². The summed E-state index contributed by atoms with van der Waals surface area (Å²) in [5.74, 6) is -0.392. The lowest BCUT2D eigenvalue weighted by Gasteiger charge is -2.15. The molecule has 2 aromatic carbocycles. The van der Waals surface area contributed by atoms with Crippen LogP contribution in [0, 0.1) is 0 Å². The number of alkyl halides is 3. The molecule has 0 bridgehead atoms. The van der Waals surface area contributed by atoms with E-state index in [1.165, 1.54) is 63.7 Å². The third-order valence-electron chi connectivity index (χ3n) is 3.55. The number of benzene rings is 2. The number of amides is 1. The van der Waals surface area contributed by atoms with Gasteiger partial charge in [0.2, 0.25) is 10.0 Å². The molecule has 0 aliphatic heterocycles. The molecule has 11 heteroatoms. The van der Waals surface area contributed by atoms with Crippen molar-refractivity contribution in [2.45, 2.75) is 15.3 Å². The quantitative estimate of drug-likeness (QED) is 0.700. The summed E-state index contributed by atoms with van der Waals surface area (Å²) >= 11 is -0.284. The van der Waals surface area contributed by atoms with Gasteiger partial charge in [0.15, 0.2) is 0 Å². The van der Waals surface area contributed by atoms with Gasteiger partial charge >= 0.3 is 5.51 Å². The Morgan fingerprint density at radius 2 is 1.71 bits per heavy atom. The van der Waals surface area contributed by atoms with E-state index in [1.807, 2.05) is 0 Å². The van der Waals surface area contributed by atoms with Crippen molar-refractivity contribution >= 4 is 33.4 Å². The van der Waals surface area contributed by atoms with Crippen LogP contribution in [-0.2, 0) is 10.0 Å². The molecule has 0 atom stereocenters. The third-order valence-corrected chi connectivity index (χ3v) is 6.10. The van der Waals surface area contributed by atoms with E-state index in [9.17, 15) is 26.4 Å². The second kappa shape index (κ2) is 8.41. The number of hydrogen-bond acceptors (Lipinski definition) is 5. The highest BCUT2D eigenvalue weighted by Gasteiger charge is 2.29. The maximum atomic E-state index is 12.4. The standard InChI is InChI=1S/C17H17F3N2O4S2/c1-22(2)28(24,25)13-8-9-15(26-3)14(10-13)21-16(23)11-4-6-12(7-5-11)27-17(18,19)20/h4-10H,1-3H3,(H,21,23). The Balaban J connectivity index is 2.28. The minimum Gasteiger partial charge on any atom is -0.495 e. The van der Waals surface area contributed by atoms with E-state index < -0.39 is 21.4 Å². The molecule has 2 aromatic rings. The van der Waals surface area contributed by atoms with Gasteiger partial charge in [-0.15, -0.1) is 0 Å². The molecular weight excluding hydrogens is 417 g/mol. The zero-order chi connectivity index (χ0) is 21.1. The molecule has 1 amide bonds. The summed E-state index contributed by atoms with van der Waals surface area (Å²) in [5, 5.41) is 2.52. The number of rotatable bonds is 6. The fourth-order valence-corrected chi connectivity index (χ4v) is 3.63. The number of hydrogen-bond donors (Lipinski definition) is 1. The molecule has 0 aliphatic rings. The first-order chi connectivity index (χ1) is 12.9. The van der Waals surface area contributed by atoms with Crippen molar-refractivity contribution in [2.24, 2.45) is 0 Å². The maximum Gasteiger partial charge on any atom is 0.446 e. The molecule has 6 nitrogen and oxygen atoms in total. The highest BCUT2D eigenvalue weighted by molar-refractivity contribution is 8.00. The normalized spacial score (nSPS) is 12.1. The average molecular weight is 434 g/mol. The van der Waals surface area contributed by atoms with Crippen LogP contribution in [0.4, 0.5) is 18.9 Å². The minimum atomic E-state index is -4.42. The summed E-state index contributed by atoms with van der Waals surface area (Å²) in [4.78, 5) is 12.3. The van der Waals surface area contributed by atoms with Gasteiger partial charge in [0, 0.05) is 24.6 Å². The lowest BCUT2D eigenvalue weighted by atomic mass is 10.2. The number of nitrogens with one attached hydrogen (secondary N) is 1. The van der Waals surface area contributed by atoms with Crippen molar-refractivity contribution < 1.29 is 31.1 Å². The highest BCUT2D eigenvalue weighted by Crippen LogP contribution is 2.36. The lowest BCUT2D eigenvalue weighted by molar-refractivity contribution is -0.0328. The van der Waals surface area contributed by atoms with Gasteiger partial charge in [0.05, 0.1) is 17.7 Å². The van der Waals surface area contributed by atoms with Crippen LogP contribution in [0.15, 0.2) is 52.3 Å². The Labute approximate surface area is 164 Å². The Bertz CT molecular complexity index is 959. The Kier molecular flexibility index (Phi) is 6.63. The van der Waals surface area contributed by atoms with Crippen LogP contribution in [0.5, 0.6) is 5.75 Å². The van der Waals surface area contributed by atoms with E-state index in [4.69, 9.17) is 4.74 Å². The number of ether oxygens (including phenoxy) is 1. The second-order valence-electron chi connectivity index (χ2n) is 5.68. The molecule has 0 unspecified atom stereocenters. The van der Waals surface area contributed by atoms with Gasteiger partial charge in [-0.2, -0.15) is 13.2 Å². The second-order valence-corrected chi connectivity index (χ2v) is 8.97. The van der Waals surface area contributed by atoms with Crippen molar-refractivity contribution in [1.29, 1.82) is 0 Å². The van der Waals surface area contributed by atoms with E-state index in [0.29, 0.717) is 0 Å². The fraction of sp³-hybridized carbons (Fsp3) is 0.235. The zero-order valence-electron chi connectivity index (χ0n) is 15.1. The molecule has 0 saturated heterocycles. The van der Waals surface area contributed by atoms with Gasteiger partial charge in [0.25, 0.3) is 5.91 Å². The fourth-order valence-electron chi connectivity index (χ4n) is 2.16. The number of sulfonamides is 1. The summed E-state index contributed by atoms with van der Waals surface area (Å²) in [6.45, 7) is 0. The topological polar surface area (TPSA) is 75.7 Å². The molecule has 2 rings (SSSR count). The van der Waals surface area contributed by atoms with Crippen LogP contribution < -0.4 is 10.1 Å². The predicted octanol–water partition coefficient (Wildman–Crippen LogP) is 3.81. The minimum absolute atomic E-state index is 0.0504. The number of carbonyl (C=O) groups excluding carboxylic acids is 1. The molecule has 0 aliphatic carbocycles. The van der Waals surface area contributed by atoms with Crippen molar-refractivity contribution in [2.75, 3.05) is 26.5 Å². The van der Waals surface area contributed by atoms with Crippen molar-refractivity contribution in [3.05, 3.63) is 48.0 Å². The van der Waals surface area contributed by atoms with Crippen LogP contribution in [0.25, 0.3) is 0 Å². The summed E-state index contributed by atoms with van der Waals surface area (Å²) in [6.07, 6.45) is 0. The molecule has 0 spiro atoms. The van der Waals surface area contributed by atoms with Gasteiger partial charge in [-0.3, -0.25) is 4.79 Å². The molecule has 1 N–H and O–H groups in total. The average Bonchev–Trinajstić information content (AvgIpc) is 2.60. The van der Waals surface area contributed by atoms with E-state index in [1.54, 1.807) is 0 Å². The van der Waals surface area contributed by atoms with Gasteiger partial charge in [0.1, 0.15) is 5.75 Å². The zero-order valence-corrected chi connectivity index (χ0v) is 16.7. The number of halogens is 3. The SMILES string of the molecule is COc1ccc(S(=O)(=O)N(C)C)cc1NC(=O)c1ccc(SC(F)(F)F)cc1. The van der Waals surface area contributed by atoms with Crippen LogP contribution in [0.2, 0.25) is 0 Å². The summed E-state index contributed by atoms with van der Waals surface area (Å²) < 4.78 is 67.8. The lowest BCUT2D eigenvalue weighted by Crippen LogP contribution is -2.22. The van der Waals surface area contributed by atoms with Crippen LogP contribution in [0.1, 0.15) is 10.4 Å². The Morgan fingerprint density at radius 3 is 2.21 bits per heavy atom. The van der Waals surface area contributed by atoms with Gasteiger partial charge < -0.3 is 10.1 Å². The molecular formula is C17H17F3N2O4S2. The number of anilines is 1. The summed E-state index contributed by atoms with van der Waals surface area (Å²) in [5.41, 5.74) is -4.20. The van der Waals surface area contributed by atoms with Gasteiger partial charge in [-0.1, -0.05) is 0 Å². The molecule has 0 radical (unpaired) electrons. The first-order valence-corrected chi connectivity index (χ1v) is 9.97. The Morgan fingerprint density at radius 1 is 1.11 bits per heavy atom. The van der Waals surface area contributed by atoms with E-state index in [0.717, 1.165) is 4.31 Å². The van der Waals surface area contributed by atoms with Crippen molar-refractivity contribution in [3.8, 4) is 5.75 Å². The van der Waals surface area contributed by atoms with Crippen LogP contribution in [0.3, 0.4) is 0 Å². The number of carbonyl (C=O) groups is 1. The highest BCUT2D eigenvalue weighted by atomic mass is 32.2. The van der Waals surface area contributed by atoms with Crippen molar-refractivity contribution in [1.82, 2.24) is 4.31 Å². The van der Waals surface area contributed by atoms with E-state index in [-0.39, 0.29) is 38.6 Å². The third kappa shape index (κ3) is 5.40. The van der Waals surface area contributed by atoms with Crippen molar-refractivity contribution in [3.63, 3.8) is 0 Å². The predicted molar refractivity (Wildman–Crippen MR) is 100 cm³/mol. The van der Waals surface area contributed by atoms with Crippen LogP contribution in [-0.4, -0.2) is 45.3 Å². The molecule has 0 aromatic heterocycles. The van der Waals surface area contributed by atoms with Gasteiger partial charge in [-0.05, 0) is 54.2 Å². The molecule has 0 fully saturated rings. The molecule has 28 heavy (non-hydrogen) atoms. The Hall–Kier alpha value is -2.24. The van der Waals surface area contributed by atoms with E-state index in [2.05, 4.69) is 5.32 Å². The first kappa shape index (κ1) is 22.1. The number of methoxy groups -OCH3 is 1. The molecule has 152 valence electrons. The summed E-state index contributed by atoms with van der Waals surface area (Å²) in [6, 6.07) is 8.84.